The van der Waals surface area contributed by atoms with E-state index in [1.165, 1.54) is 5.69 Å². The molecule has 0 saturated carbocycles. The average molecular weight is 760 g/mol. The summed E-state index contributed by atoms with van der Waals surface area (Å²) >= 11 is 6.16. The lowest BCUT2D eigenvalue weighted by atomic mass is 9.89. The van der Waals surface area contributed by atoms with Gasteiger partial charge in [-0.15, -0.1) is 0 Å². The van der Waals surface area contributed by atoms with Crippen LogP contribution in [0.15, 0.2) is 91.0 Å². The summed E-state index contributed by atoms with van der Waals surface area (Å²) in [6.45, 7) is 11.1. The Bertz CT molecular complexity index is 2020. The van der Waals surface area contributed by atoms with Crippen LogP contribution < -0.4 is 25.3 Å². The van der Waals surface area contributed by atoms with Crippen molar-refractivity contribution in [2.45, 2.75) is 64.2 Å². The first-order chi connectivity index (χ1) is 26.7. The number of piperidine rings is 1. The number of anilines is 4. The Hall–Kier alpha value is -4.90. The molecule has 4 heterocycles. The zero-order chi connectivity index (χ0) is 38.1. The fourth-order valence-electron chi connectivity index (χ4n) is 8.99. The number of hydrogen-bond donors (Lipinski definition) is 2. The number of fused-ring (bicyclic) bond motifs is 1. The third-order valence-corrected chi connectivity index (χ3v) is 12.1. The largest absolute Gasteiger partial charge is 0.378 e. The van der Waals surface area contributed by atoms with Gasteiger partial charge < -0.3 is 15.1 Å². The van der Waals surface area contributed by atoms with Crippen molar-refractivity contribution in [1.82, 2.24) is 15.1 Å². The van der Waals surface area contributed by atoms with Gasteiger partial charge in [0.15, 0.2) is 0 Å². The van der Waals surface area contributed by atoms with Gasteiger partial charge in [-0.05, 0) is 103 Å². The summed E-state index contributed by atoms with van der Waals surface area (Å²) in [5.74, 6) is -0.150. The minimum atomic E-state index is -0.333. The maximum Gasteiger partial charge on any atom is 0.328 e. The molecule has 4 aromatic rings. The first-order valence-corrected chi connectivity index (χ1v) is 20.0. The van der Waals surface area contributed by atoms with Crippen LogP contribution in [0.1, 0.15) is 56.7 Å². The summed E-state index contributed by atoms with van der Waals surface area (Å²) in [4.78, 5) is 48.3. The molecule has 0 aliphatic carbocycles. The van der Waals surface area contributed by atoms with E-state index in [1.807, 2.05) is 47.4 Å². The van der Waals surface area contributed by atoms with Crippen molar-refractivity contribution in [3.8, 4) is 11.1 Å². The van der Waals surface area contributed by atoms with Crippen LogP contribution in [-0.2, 0) is 16.1 Å². The predicted octanol–water partition coefficient (Wildman–Crippen LogP) is 7.54. The second-order valence-electron chi connectivity index (χ2n) is 15.4. The van der Waals surface area contributed by atoms with E-state index < -0.39 is 0 Å². The number of nitrogens with one attached hydrogen (secondary N) is 2. The van der Waals surface area contributed by atoms with Crippen molar-refractivity contribution in [2.75, 3.05) is 65.8 Å². The van der Waals surface area contributed by atoms with Crippen LogP contribution in [0, 0.1) is 0 Å². The molecule has 286 valence electrons. The smallest absolute Gasteiger partial charge is 0.328 e. The zero-order valence-electron chi connectivity index (χ0n) is 31.7. The number of urea groups is 1. The SMILES string of the molecule is CC(=O)N1c2ccc(-c3ccc(N4CCC(N5CCN(Cc6ccccc6N6CCC(=O)NC6=O)CC5)CC4)cc3)cc2C(Nc2ccc(Cl)cc2)CC1C. The predicted molar refractivity (Wildman–Crippen MR) is 221 cm³/mol. The molecule has 4 amide bonds. The Morgan fingerprint density at radius 1 is 0.818 bits per heavy atom. The van der Waals surface area contributed by atoms with E-state index in [9.17, 15) is 14.4 Å². The molecule has 4 aliphatic heterocycles. The van der Waals surface area contributed by atoms with Crippen molar-refractivity contribution in [2.24, 2.45) is 0 Å². The Morgan fingerprint density at radius 3 is 2.24 bits per heavy atom. The number of benzene rings is 4. The molecule has 2 atom stereocenters. The van der Waals surface area contributed by atoms with Gasteiger partial charge in [-0.3, -0.25) is 29.6 Å². The minimum Gasteiger partial charge on any atom is -0.378 e. The van der Waals surface area contributed by atoms with E-state index in [0.717, 1.165) is 104 Å². The maximum atomic E-state index is 12.7. The van der Waals surface area contributed by atoms with Gasteiger partial charge in [-0.1, -0.05) is 48.0 Å². The van der Waals surface area contributed by atoms with Gasteiger partial charge in [0.05, 0.1) is 6.04 Å². The van der Waals surface area contributed by atoms with Crippen LogP contribution in [0.5, 0.6) is 0 Å². The molecular formula is C44H50ClN7O3. The molecule has 2 N–H and O–H groups in total. The topological polar surface area (TPSA) is 91.5 Å². The normalized spacial score (nSPS) is 21.3. The second kappa shape index (κ2) is 16.1. The summed E-state index contributed by atoms with van der Waals surface area (Å²) in [7, 11) is 0. The Kier molecular flexibility index (Phi) is 10.8. The highest BCUT2D eigenvalue weighted by atomic mass is 35.5. The Morgan fingerprint density at radius 2 is 1.53 bits per heavy atom. The lowest BCUT2D eigenvalue weighted by Gasteiger charge is -2.43. The van der Waals surface area contributed by atoms with Crippen molar-refractivity contribution in [3.05, 3.63) is 107 Å². The van der Waals surface area contributed by atoms with Crippen molar-refractivity contribution < 1.29 is 14.4 Å². The molecule has 3 saturated heterocycles. The highest BCUT2D eigenvalue weighted by molar-refractivity contribution is 6.30. The average Bonchev–Trinajstić information content (AvgIpc) is 3.19. The summed E-state index contributed by atoms with van der Waals surface area (Å²) in [5.41, 5.74) is 8.68. The van der Waals surface area contributed by atoms with Gasteiger partial charge in [0.25, 0.3) is 0 Å². The van der Waals surface area contributed by atoms with E-state index in [0.29, 0.717) is 24.0 Å². The summed E-state index contributed by atoms with van der Waals surface area (Å²) in [6, 6.07) is 31.7. The van der Waals surface area contributed by atoms with Crippen molar-refractivity contribution in [1.29, 1.82) is 0 Å². The molecular weight excluding hydrogens is 710 g/mol. The van der Waals surface area contributed by atoms with Crippen LogP contribution in [0.3, 0.4) is 0 Å². The molecule has 0 spiro atoms. The van der Waals surface area contributed by atoms with Crippen LogP contribution in [0.2, 0.25) is 5.02 Å². The van der Waals surface area contributed by atoms with Gasteiger partial charge in [0, 0.05) is 106 Å². The number of amides is 4. The number of imide groups is 1. The fourth-order valence-corrected chi connectivity index (χ4v) is 9.12. The molecule has 3 fully saturated rings. The number of carbonyl (C=O) groups excluding carboxylic acids is 3. The van der Waals surface area contributed by atoms with Crippen LogP contribution in [-0.4, -0.2) is 85.5 Å². The van der Waals surface area contributed by atoms with Gasteiger partial charge in [-0.25, -0.2) is 4.79 Å². The van der Waals surface area contributed by atoms with Crippen LogP contribution >= 0.6 is 11.6 Å². The molecule has 10 nitrogen and oxygen atoms in total. The summed E-state index contributed by atoms with van der Waals surface area (Å²) in [5, 5.41) is 6.87. The number of nitrogens with zero attached hydrogens (tertiary/aromatic N) is 5. The maximum absolute atomic E-state index is 12.7. The van der Waals surface area contributed by atoms with E-state index in [1.54, 1.807) is 11.8 Å². The van der Waals surface area contributed by atoms with E-state index in [-0.39, 0.29) is 29.9 Å². The highest BCUT2D eigenvalue weighted by Crippen LogP contribution is 2.41. The first-order valence-electron chi connectivity index (χ1n) is 19.7. The molecule has 55 heavy (non-hydrogen) atoms. The molecule has 11 heteroatoms. The number of para-hydroxylation sites is 1. The van der Waals surface area contributed by atoms with Gasteiger partial charge in [0.2, 0.25) is 11.8 Å². The lowest BCUT2D eigenvalue weighted by molar-refractivity contribution is -0.120. The van der Waals surface area contributed by atoms with Crippen LogP contribution in [0.25, 0.3) is 11.1 Å². The number of rotatable bonds is 8. The third-order valence-electron chi connectivity index (χ3n) is 11.9. The monoisotopic (exact) mass is 759 g/mol. The molecule has 0 radical (unpaired) electrons. The quantitative estimate of drug-likeness (QED) is 0.192. The number of carbonyl (C=O) groups is 3. The Labute approximate surface area is 329 Å². The Balaban J connectivity index is 0.869. The number of piperazine rings is 1. The van der Waals surface area contributed by atoms with E-state index in [4.69, 9.17) is 11.6 Å². The summed E-state index contributed by atoms with van der Waals surface area (Å²) in [6.07, 6.45) is 3.42. The van der Waals surface area contributed by atoms with E-state index >= 15 is 0 Å². The van der Waals surface area contributed by atoms with Crippen molar-refractivity contribution in [3.63, 3.8) is 0 Å². The lowest BCUT2D eigenvalue weighted by Crippen LogP contribution is -2.53. The van der Waals surface area contributed by atoms with Gasteiger partial charge in [-0.2, -0.15) is 0 Å². The molecule has 8 rings (SSSR count). The zero-order valence-corrected chi connectivity index (χ0v) is 32.5. The number of hydrogen-bond acceptors (Lipinski definition) is 7. The summed E-state index contributed by atoms with van der Waals surface area (Å²) < 4.78 is 0. The highest BCUT2D eigenvalue weighted by Gasteiger charge is 2.33. The van der Waals surface area contributed by atoms with Crippen LogP contribution in [0.4, 0.5) is 27.5 Å². The molecule has 2 unspecified atom stereocenters. The fraction of sp³-hybridized carbons (Fsp3) is 0.386. The first kappa shape index (κ1) is 37.0. The molecule has 0 aromatic heterocycles. The standard InChI is InChI=1S/C44H50ClN7O3/c1-30-27-40(46-36-12-10-35(45)11-13-36)39-28-33(9-16-42(39)52(30)31(2)53)32-7-14-37(15-8-32)49-20-17-38(18-21-49)50-25-23-48(24-26-50)29-34-5-3-4-6-41(34)51-22-19-43(54)47-44(51)55/h3-16,28,30,38,40,46H,17-27,29H2,1-2H3,(H,47,54,55). The number of halogens is 1. The molecule has 4 aromatic carbocycles. The van der Waals surface area contributed by atoms with E-state index in [2.05, 4.69) is 80.8 Å². The molecule has 0 bridgehead atoms. The van der Waals surface area contributed by atoms with Crippen molar-refractivity contribution >= 4 is 52.2 Å². The third kappa shape index (κ3) is 8.08. The molecule has 4 aliphatic rings. The van der Waals surface area contributed by atoms with Gasteiger partial charge in [0.1, 0.15) is 0 Å². The minimum absolute atomic E-state index is 0.0604. The van der Waals surface area contributed by atoms with Gasteiger partial charge >= 0.3 is 6.03 Å². The second-order valence-corrected chi connectivity index (χ2v) is 15.8.